The largest absolute Gasteiger partial charge is 0.460 e. The zero-order chi connectivity index (χ0) is 19.4. The minimum Gasteiger partial charge on any atom is -0.460 e. The molecule has 2 amide bonds. The molecule has 0 radical (unpaired) electrons. The van der Waals surface area contributed by atoms with Crippen LogP contribution in [-0.2, 0) is 19.0 Å². The lowest BCUT2D eigenvalue weighted by Crippen LogP contribution is -2.51. The molecule has 0 aromatic heterocycles. The number of carbonyl (C=O) groups is 3. The third-order valence-corrected chi connectivity index (χ3v) is 3.07. The first kappa shape index (κ1) is 21.0. The van der Waals surface area contributed by atoms with E-state index in [0.29, 0.717) is 12.0 Å². The summed E-state index contributed by atoms with van der Waals surface area (Å²) in [7, 11) is 0. The zero-order valence-corrected chi connectivity index (χ0v) is 16.2. The normalized spacial score (nSPS) is 18.1. The number of amides is 2. The molecule has 0 unspecified atom stereocenters. The van der Waals surface area contributed by atoms with E-state index in [1.807, 2.05) is 6.92 Å². The SMILES string of the molecule is CCCC1=C[C@H](N(C(=O)OC(C)(C)C)C(=O)OC(C)(C)C)COC1=O. The Kier molecular flexibility index (Phi) is 6.62. The minimum atomic E-state index is -0.836. The highest BCUT2D eigenvalue weighted by molar-refractivity contribution is 5.92. The number of hydrogen-bond donors (Lipinski definition) is 0. The summed E-state index contributed by atoms with van der Waals surface area (Å²) >= 11 is 0. The summed E-state index contributed by atoms with van der Waals surface area (Å²) in [5.74, 6) is -0.425. The summed E-state index contributed by atoms with van der Waals surface area (Å²) in [6.07, 6.45) is 1.16. The molecule has 0 aromatic rings. The average molecular weight is 355 g/mol. The van der Waals surface area contributed by atoms with Gasteiger partial charge in [0.15, 0.2) is 0 Å². The van der Waals surface area contributed by atoms with Gasteiger partial charge in [0, 0.05) is 5.57 Å². The minimum absolute atomic E-state index is 0.121. The van der Waals surface area contributed by atoms with E-state index < -0.39 is 35.4 Å². The van der Waals surface area contributed by atoms with Crippen LogP contribution in [0.15, 0.2) is 11.6 Å². The monoisotopic (exact) mass is 355 g/mol. The summed E-state index contributed by atoms with van der Waals surface area (Å²) in [5.41, 5.74) is -1.12. The molecule has 0 N–H and O–H groups in total. The van der Waals surface area contributed by atoms with Crippen molar-refractivity contribution in [1.82, 2.24) is 4.90 Å². The van der Waals surface area contributed by atoms with Crippen molar-refractivity contribution in [3.63, 3.8) is 0 Å². The molecule has 0 fully saturated rings. The molecule has 0 saturated carbocycles. The van der Waals surface area contributed by atoms with Crippen molar-refractivity contribution < 1.29 is 28.6 Å². The van der Waals surface area contributed by atoms with Crippen LogP contribution in [0.2, 0.25) is 0 Å². The topological polar surface area (TPSA) is 82.1 Å². The summed E-state index contributed by atoms with van der Waals surface area (Å²) in [4.78, 5) is 37.8. The standard InChI is InChI=1S/C18H29NO6/c1-8-9-12-10-13(11-23-14(12)20)19(15(21)24-17(2,3)4)16(22)25-18(5,6)7/h10,13H,8-9,11H2,1-7H3/t13-/m0/s1. The Morgan fingerprint density at radius 2 is 1.60 bits per heavy atom. The van der Waals surface area contributed by atoms with Gasteiger partial charge in [-0.15, -0.1) is 0 Å². The van der Waals surface area contributed by atoms with Crippen LogP contribution in [-0.4, -0.2) is 46.9 Å². The van der Waals surface area contributed by atoms with E-state index in [1.54, 1.807) is 47.6 Å². The molecule has 0 bridgehead atoms. The van der Waals surface area contributed by atoms with E-state index in [2.05, 4.69) is 0 Å². The summed E-state index contributed by atoms with van der Waals surface area (Å²) in [6, 6.07) is -0.760. The van der Waals surface area contributed by atoms with E-state index >= 15 is 0 Å². The van der Waals surface area contributed by atoms with E-state index in [-0.39, 0.29) is 6.61 Å². The van der Waals surface area contributed by atoms with E-state index in [1.165, 1.54) is 0 Å². The zero-order valence-electron chi connectivity index (χ0n) is 16.2. The molecule has 7 heteroatoms. The number of esters is 1. The van der Waals surface area contributed by atoms with Gasteiger partial charge in [0.2, 0.25) is 0 Å². The molecule has 25 heavy (non-hydrogen) atoms. The maximum Gasteiger partial charge on any atom is 0.420 e. The molecule has 0 saturated heterocycles. The van der Waals surface area contributed by atoms with Gasteiger partial charge in [0.1, 0.15) is 17.8 Å². The Labute approximate surface area is 149 Å². The molecule has 1 atom stereocenters. The number of nitrogens with zero attached hydrogens (tertiary/aromatic N) is 1. The maximum atomic E-state index is 12.6. The molecular weight excluding hydrogens is 326 g/mol. The Morgan fingerprint density at radius 3 is 2.00 bits per heavy atom. The fourth-order valence-electron chi connectivity index (χ4n) is 2.17. The van der Waals surface area contributed by atoms with Crippen LogP contribution < -0.4 is 0 Å². The predicted octanol–water partition coefficient (Wildman–Crippen LogP) is 3.81. The van der Waals surface area contributed by atoms with E-state index in [4.69, 9.17) is 14.2 Å². The highest BCUT2D eigenvalue weighted by atomic mass is 16.6. The molecule has 1 rings (SSSR count). The van der Waals surface area contributed by atoms with E-state index in [9.17, 15) is 14.4 Å². The van der Waals surface area contributed by atoms with Crippen molar-refractivity contribution in [2.45, 2.75) is 78.6 Å². The van der Waals surface area contributed by atoms with Crippen molar-refractivity contribution in [1.29, 1.82) is 0 Å². The maximum absolute atomic E-state index is 12.6. The van der Waals surface area contributed by atoms with Crippen LogP contribution in [0.5, 0.6) is 0 Å². The Balaban J connectivity index is 3.15. The third-order valence-electron chi connectivity index (χ3n) is 3.07. The van der Waals surface area contributed by atoms with Crippen LogP contribution in [0, 0.1) is 0 Å². The summed E-state index contributed by atoms with van der Waals surface area (Å²) < 4.78 is 15.8. The number of hydrogen-bond acceptors (Lipinski definition) is 6. The van der Waals surface area contributed by atoms with Crippen LogP contribution in [0.1, 0.15) is 61.3 Å². The molecular formula is C18H29NO6. The molecule has 1 aliphatic rings. The van der Waals surface area contributed by atoms with Crippen LogP contribution in [0.25, 0.3) is 0 Å². The molecule has 0 aromatic carbocycles. The van der Waals surface area contributed by atoms with Crippen molar-refractivity contribution in [3.8, 4) is 0 Å². The number of cyclic esters (lactones) is 1. The highest BCUT2D eigenvalue weighted by Gasteiger charge is 2.38. The number of ether oxygens (including phenoxy) is 3. The second kappa shape index (κ2) is 7.89. The van der Waals surface area contributed by atoms with Crippen molar-refractivity contribution >= 4 is 18.2 Å². The van der Waals surface area contributed by atoms with Gasteiger partial charge in [-0.2, -0.15) is 0 Å². The quantitative estimate of drug-likeness (QED) is 0.565. The van der Waals surface area contributed by atoms with Gasteiger partial charge in [-0.25, -0.2) is 19.3 Å². The van der Waals surface area contributed by atoms with Crippen LogP contribution in [0.3, 0.4) is 0 Å². The lowest BCUT2D eigenvalue weighted by atomic mass is 10.1. The summed E-state index contributed by atoms with van der Waals surface area (Å²) in [6.45, 7) is 12.0. The Morgan fingerprint density at radius 1 is 1.12 bits per heavy atom. The van der Waals surface area contributed by atoms with Crippen LogP contribution >= 0.6 is 0 Å². The average Bonchev–Trinajstić information content (AvgIpc) is 2.38. The van der Waals surface area contributed by atoms with Gasteiger partial charge < -0.3 is 14.2 Å². The lowest BCUT2D eigenvalue weighted by Gasteiger charge is -2.33. The second-order valence-corrected chi connectivity index (χ2v) is 7.94. The molecule has 1 aliphatic heterocycles. The lowest BCUT2D eigenvalue weighted by molar-refractivity contribution is -0.142. The first-order chi connectivity index (χ1) is 11.3. The van der Waals surface area contributed by atoms with Crippen LogP contribution in [0.4, 0.5) is 9.59 Å². The fraction of sp³-hybridized carbons (Fsp3) is 0.722. The Bertz CT molecular complexity index is 525. The molecule has 0 aliphatic carbocycles. The van der Waals surface area contributed by atoms with Gasteiger partial charge in [0.05, 0.1) is 6.04 Å². The van der Waals surface area contributed by atoms with Crippen molar-refractivity contribution in [2.75, 3.05) is 6.61 Å². The second-order valence-electron chi connectivity index (χ2n) is 7.94. The first-order valence-corrected chi connectivity index (χ1v) is 8.47. The third kappa shape index (κ3) is 6.76. The van der Waals surface area contributed by atoms with Gasteiger partial charge >= 0.3 is 18.2 Å². The highest BCUT2D eigenvalue weighted by Crippen LogP contribution is 2.22. The van der Waals surface area contributed by atoms with Gasteiger partial charge in [-0.05, 0) is 54.0 Å². The smallest absolute Gasteiger partial charge is 0.420 e. The molecule has 0 spiro atoms. The fourth-order valence-corrected chi connectivity index (χ4v) is 2.17. The molecule has 1 heterocycles. The molecule has 142 valence electrons. The van der Waals surface area contributed by atoms with Gasteiger partial charge in [-0.3, -0.25) is 0 Å². The Hall–Kier alpha value is -2.05. The van der Waals surface area contributed by atoms with E-state index in [0.717, 1.165) is 11.3 Å². The van der Waals surface area contributed by atoms with Crippen molar-refractivity contribution in [3.05, 3.63) is 11.6 Å². The number of rotatable bonds is 3. The predicted molar refractivity (Wildman–Crippen MR) is 92.0 cm³/mol. The number of imide groups is 1. The van der Waals surface area contributed by atoms with Crippen molar-refractivity contribution in [2.24, 2.45) is 0 Å². The van der Waals surface area contributed by atoms with Gasteiger partial charge in [-0.1, -0.05) is 13.3 Å². The first-order valence-electron chi connectivity index (χ1n) is 8.47. The molecule has 7 nitrogen and oxygen atoms in total. The van der Waals surface area contributed by atoms with Gasteiger partial charge in [0.25, 0.3) is 0 Å². The number of carbonyl (C=O) groups excluding carboxylic acids is 3. The summed E-state index contributed by atoms with van der Waals surface area (Å²) in [5, 5.41) is 0.